The fraction of sp³-hybridized carbons (Fsp3) is 0.136. The van der Waals surface area contributed by atoms with Gasteiger partial charge < -0.3 is 5.32 Å². The smallest absolute Gasteiger partial charge is 0.286 e. The number of thioether (sulfide) groups is 1. The maximum atomic E-state index is 12.4. The fourth-order valence-corrected chi connectivity index (χ4v) is 4.22. The van der Waals surface area contributed by atoms with Gasteiger partial charge >= 0.3 is 0 Å². The van der Waals surface area contributed by atoms with Crippen molar-refractivity contribution in [1.29, 1.82) is 0 Å². The van der Waals surface area contributed by atoms with E-state index >= 15 is 0 Å². The molecule has 0 atom stereocenters. The number of nitrogens with zero attached hydrogens (tertiary/aromatic N) is 2. The monoisotopic (exact) mass is 441 g/mol. The van der Waals surface area contributed by atoms with E-state index in [1.807, 2.05) is 30.5 Å². The van der Waals surface area contributed by atoms with Crippen LogP contribution in [0.1, 0.15) is 30.9 Å². The summed E-state index contributed by atoms with van der Waals surface area (Å²) in [5.74, 6) is 0.106. The largest absolute Gasteiger partial charge is 0.332 e. The first-order valence-corrected chi connectivity index (χ1v) is 10.6. The van der Waals surface area contributed by atoms with Gasteiger partial charge in [-0.1, -0.05) is 49.2 Å². The Kier molecular flexibility index (Phi) is 5.63. The number of hydrogen-bond donors (Lipinski definition) is 1. The third-order valence-corrected chi connectivity index (χ3v) is 6.04. The molecule has 1 aromatic heterocycles. The Bertz CT molecular complexity index is 1170. The van der Waals surface area contributed by atoms with Crippen molar-refractivity contribution in [2.45, 2.75) is 19.8 Å². The molecule has 3 aromatic rings. The summed E-state index contributed by atoms with van der Waals surface area (Å²) in [5, 5.41) is 5.47. The molecule has 29 heavy (non-hydrogen) atoms. The quantitative estimate of drug-likeness (QED) is 0.456. The van der Waals surface area contributed by atoms with Gasteiger partial charge in [-0.25, -0.2) is 0 Å². The van der Waals surface area contributed by atoms with Crippen molar-refractivity contribution in [3.05, 3.63) is 74.7 Å². The maximum absolute atomic E-state index is 12.4. The first-order chi connectivity index (χ1) is 13.9. The van der Waals surface area contributed by atoms with Gasteiger partial charge in [-0.3, -0.25) is 9.78 Å². The van der Waals surface area contributed by atoms with Gasteiger partial charge in [0.2, 0.25) is 0 Å². The number of amidine groups is 1. The first kappa shape index (κ1) is 20.0. The first-order valence-electron chi connectivity index (χ1n) is 9.04. The lowest BCUT2D eigenvalue weighted by molar-refractivity contribution is -0.113. The molecule has 4 nitrogen and oxygen atoms in total. The van der Waals surface area contributed by atoms with Crippen LogP contribution < -0.4 is 5.32 Å². The van der Waals surface area contributed by atoms with Crippen LogP contribution in [0, 0.1) is 0 Å². The molecule has 7 heteroatoms. The Morgan fingerprint density at radius 1 is 1.10 bits per heavy atom. The summed E-state index contributed by atoms with van der Waals surface area (Å²) in [6, 6.07) is 13.3. The molecule has 0 radical (unpaired) electrons. The molecule has 1 N–H and O–H groups in total. The molecule has 0 spiro atoms. The Morgan fingerprint density at radius 3 is 2.59 bits per heavy atom. The highest BCUT2D eigenvalue weighted by Crippen LogP contribution is 2.34. The molecule has 0 saturated heterocycles. The van der Waals surface area contributed by atoms with Crippen LogP contribution in [-0.4, -0.2) is 16.1 Å². The number of aliphatic imine (C=N–C) groups is 1. The Labute approximate surface area is 183 Å². The minimum atomic E-state index is -0.296. The lowest BCUT2D eigenvalue weighted by atomic mass is 10.0. The predicted molar refractivity (Wildman–Crippen MR) is 124 cm³/mol. The second-order valence-corrected chi connectivity index (χ2v) is 8.77. The van der Waals surface area contributed by atoms with Crippen molar-refractivity contribution in [2.24, 2.45) is 4.99 Å². The number of halogens is 2. The summed E-state index contributed by atoms with van der Waals surface area (Å²) in [6.07, 6.45) is 3.74. The van der Waals surface area contributed by atoms with Crippen LogP contribution in [0.3, 0.4) is 0 Å². The van der Waals surface area contributed by atoms with Gasteiger partial charge in [0.15, 0.2) is 5.17 Å². The number of pyridine rings is 1. The standard InChI is InChI=1S/C22H17Cl2N3OS/c1-12(2)15-10-14-8-13(6-7-18(14)25-11-15)9-19-21(28)27-22(29-19)26-20-16(23)4-3-5-17(20)24/h3-12H,1-2H3,(H,26,27,28). The van der Waals surface area contributed by atoms with Crippen LogP contribution in [-0.2, 0) is 4.79 Å². The molecule has 0 aliphatic carbocycles. The predicted octanol–water partition coefficient (Wildman–Crippen LogP) is 6.75. The Balaban J connectivity index is 1.58. The minimum Gasteiger partial charge on any atom is -0.332 e. The van der Waals surface area contributed by atoms with E-state index in [0.717, 1.165) is 16.5 Å². The molecule has 2 aromatic carbocycles. The SMILES string of the molecule is CC(C)c1cnc2ccc(C=C3SC(Nc4c(Cl)cccc4Cl)=NC3=O)cc2c1. The van der Waals surface area contributed by atoms with E-state index in [9.17, 15) is 4.79 Å². The van der Waals surface area contributed by atoms with Crippen molar-refractivity contribution < 1.29 is 4.79 Å². The van der Waals surface area contributed by atoms with E-state index < -0.39 is 0 Å². The number of anilines is 1. The van der Waals surface area contributed by atoms with Crippen molar-refractivity contribution in [1.82, 2.24) is 4.98 Å². The number of hydrogen-bond acceptors (Lipinski definition) is 4. The number of amides is 1. The highest BCUT2D eigenvalue weighted by Gasteiger charge is 2.23. The average molecular weight is 442 g/mol. The summed E-state index contributed by atoms with van der Waals surface area (Å²) in [4.78, 5) is 21.5. The number of carbonyl (C=O) groups excluding carboxylic acids is 1. The number of rotatable bonds is 3. The maximum Gasteiger partial charge on any atom is 0.286 e. The Morgan fingerprint density at radius 2 is 1.86 bits per heavy atom. The third-order valence-electron chi connectivity index (χ3n) is 4.51. The van der Waals surface area contributed by atoms with Crippen LogP contribution >= 0.6 is 35.0 Å². The van der Waals surface area contributed by atoms with Crippen LogP contribution in [0.5, 0.6) is 0 Å². The Hall–Kier alpha value is -2.34. The van der Waals surface area contributed by atoms with Gasteiger partial charge in [0.1, 0.15) is 0 Å². The van der Waals surface area contributed by atoms with Gasteiger partial charge in [-0.05, 0) is 65.2 Å². The van der Waals surface area contributed by atoms with Crippen molar-refractivity contribution in [3.8, 4) is 0 Å². The molecule has 0 unspecified atom stereocenters. The number of nitrogens with one attached hydrogen (secondary N) is 1. The molecular weight excluding hydrogens is 425 g/mol. The molecule has 0 fully saturated rings. The summed E-state index contributed by atoms with van der Waals surface area (Å²) >= 11 is 13.6. The number of fused-ring (bicyclic) bond motifs is 1. The highest BCUT2D eigenvalue weighted by atomic mass is 35.5. The van der Waals surface area contributed by atoms with E-state index in [2.05, 4.69) is 35.2 Å². The number of benzene rings is 2. The van der Waals surface area contributed by atoms with E-state index in [1.165, 1.54) is 17.3 Å². The van der Waals surface area contributed by atoms with Crippen LogP contribution in [0.15, 0.2) is 58.6 Å². The molecule has 2 heterocycles. The van der Waals surface area contributed by atoms with Gasteiger partial charge in [0.25, 0.3) is 5.91 Å². The summed E-state index contributed by atoms with van der Waals surface area (Å²) in [6.45, 7) is 4.28. The van der Waals surface area contributed by atoms with Crippen molar-refractivity contribution >= 4 is 68.7 Å². The fourth-order valence-electron chi connectivity index (χ4n) is 2.91. The van der Waals surface area contributed by atoms with Crippen LogP contribution in [0.2, 0.25) is 10.0 Å². The van der Waals surface area contributed by atoms with E-state index in [4.69, 9.17) is 23.2 Å². The minimum absolute atomic E-state index is 0.296. The lowest BCUT2D eigenvalue weighted by Crippen LogP contribution is -2.05. The summed E-state index contributed by atoms with van der Waals surface area (Å²) in [5.41, 5.74) is 3.56. The number of para-hydroxylation sites is 1. The molecule has 4 rings (SSSR count). The normalized spacial score (nSPS) is 15.4. The van der Waals surface area contributed by atoms with Gasteiger partial charge in [0.05, 0.1) is 26.2 Å². The van der Waals surface area contributed by atoms with E-state index in [-0.39, 0.29) is 5.91 Å². The summed E-state index contributed by atoms with van der Waals surface area (Å²) in [7, 11) is 0. The molecule has 1 aliphatic rings. The molecule has 0 saturated carbocycles. The molecule has 1 aliphatic heterocycles. The molecule has 0 bridgehead atoms. The van der Waals surface area contributed by atoms with Crippen molar-refractivity contribution in [2.75, 3.05) is 5.32 Å². The van der Waals surface area contributed by atoms with E-state index in [0.29, 0.717) is 31.7 Å². The zero-order valence-corrected chi connectivity index (χ0v) is 18.1. The third kappa shape index (κ3) is 4.32. The molecule has 146 valence electrons. The second kappa shape index (κ2) is 8.19. The lowest BCUT2D eigenvalue weighted by Gasteiger charge is -2.08. The number of carbonyl (C=O) groups is 1. The van der Waals surface area contributed by atoms with Crippen LogP contribution in [0.25, 0.3) is 17.0 Å². The van der Waals surface area contributed by atoms with Crippen LogP contribution in [0.4, 0.5) is 5.69 Å². The van der Waals surface area contributed by atoms with Gasteiger partial charge in [0, 0.05) is 11.6 Å². The number of aromatic nitrogens is 1. The van der Waals surface area contributed by atoms with Crippen molar-refractivity contribution in [3.63, 3.8) is 0 Å². The van der Waals surface area contributed by atoms with Gasteiger partial charge in [-0.15, -0.1) is 0 Å². The average Bonchev–Trinajstić information content (AvgIpc) is 3.03. The highest BCUT2D eigenvalue weighted by molar-refractivity contribution is 8.18. The van der Waals surface area contributed by atoms with Gasteiger partial charge in [-0.2, -0.15) is 4.99 Å². The molecule has 1 amide bonds. The van der Waals surface area contributed by atoms with E-state index in [1.54, 1.807) is 18.2 Å². The zero-order chi connectivity index (χ0) is 20.5. The summed E-state index contributed by atoms with van der Waals surface area (Å²) < 4.78 is 0. The zero-order valence-electron chi connectivity index (χ0n) is 15.7. The molecular formula is C22H17Cl2N3OS. The second-order valence-electron chi connectivity index (χ2n) is 6.93. The topological polar surface area (TPSA) is 54.4 Å².